The molecule has 0 aliphatic heterocycles. The summed E-state index contributed by atoms with van der Waals surface area (Å²) in [7, 11) is -3.50. The SMILES string of the molecule is CCN(CC)S(=O)(=O)c1ccc(NN=Cc2ccccc2Cl)nc1. The number of anilines is 1. The van der Waals surface area contributed by atoms with Crippen LogP contribution in [0.25, 0.3) is 0 Å². The topological polar surface area (TPSA) is 74.7 Å². The minimum atomic E-state index is -3.50. The molecule has 0 spiro atoms. The zero-order chi connectivity index (χ0) is 17.6. The fourth-order valence-electron chi connectivity index (χ4n) is 2.06. The second-order valence-corrected chi connectivity index (χ2v) is 7.21. The van der Waals surface area contributed by atoms with E-state index in [0.29, 0.717) is 23.9 Å². The predicted octanol–water partition coefficient (Wildman–Crippen LogP) is 3.21. The average Bonchev–Trinajstić information content (AvgIpc) is 2.58. The van der Waals surface area contributed by atoms with Crippen LogP contribution in [0, 0.1) is 0 Å². The Kier molecular flexibility index (Phi) is 6.30. The molecule has 1 aromatic carbocycles. The van der Waals surface area contributed by atoms with Crippen LogP contribution >= 0.6 is 11.6 Å². The Labute approximate surface area is 147 Å². The number of rotatable bonds is 7. The number of hydrogen-bond donors (Lipinski definition) is 1. The van der Waals surface area contributed by atoms with E-state index in [2.05, 4.69) is 15.5 Å². The highest BCUT2D eigenvalue weighted by molar-refractivity contribution is 7.89. The van der Waals surface area contributed by atoms with Gasteiger partial charge >= 0.3 is 0 Å². The van der Waals surface area contributed by atoms with Crippen molar-refractivity contribution in [3.8, 4) is 0 Å². The van der Waals surface area contributed by atoms with Crippen LogP contribution in [0.4, 0.5) is 5.82 Å². The van der Waals surface area contributed by atoms with Gasteiger partial charge < -0.3 is 0 Å². The molecular formula is C16H19ClN4O2S. The van der Waals surface area contributed by atoms with Gasteiger partial charge in [0.1, 0.15) is 10.7 Å². The van der Waals surface area contributed by atoms with Crippen LogP contribution in [0.3, 0.4) is 0 Å². The van der Waals surface area contributed by atoms with Crippen molar-refractivity contribution in [1.82, 2.24) is 9.29 Å². The van der Waals surface area contributed by atoms with Gasteiger partial charge in [-0.25, -0.2) is 13.4 Å². The first-order chi connectivity index (χ1) is 11.5. The highest BCUT2D eigenvalue weighted by Gasteiger charge is 2.21. The highest BCUT2D eigenvalue weighted by atomic mass is 35.5. The van der Waals surface area contributed by atoms with Crippen molar-refractivity contribution in [3.05, 3.63) is 53.2 Å². The first-order valence-electron chi connectivity index (χ1n) is 7.48. The number of hydrogen-bond acceptors (Lipinski definition) is 5. The summed E-state index contributed by atoms with van der Waals surface area (Å²) in [6, 6.07) is 10.4. The van der Waals surface area contributed by atoms with Crippen molar-refractivity contribution in [2.45, 2.75) is 18.7 Å². The molecule has 1 heterocycles. The van der Waals surface area contributed by atoms with Crippen molar-refractivity contribution in [3.63, 3.8) is 0 Å². The number of benzene rings is 1. The van der Waals surface area contributed by atoms with Gasteiger partial charge in [0.2, 0.25) is 10.0 Å². The molecule has 0 radical (unpaired) electrons. The van der Waals surface area contributed by atoms with Crippen molar-refractivity contribution in [2.75, 3.05) is 18.5 Å². The maximum atomic E-state index is 12.4. The molecule has 1 N–H and O–H groups in total. The molecule has 0 atom stereocenters. The van der Waals surface area contributed by atoms with Crippen LogP contribution in [0.15, 0.2) is 52.6 Å². The van der Waals surface area contributed by atoms with Gasteiger partial charge in [-0.2, -0.15) is 9.41 Å². The van der Waals surface area contributed by atoms with Crippen molar-refractivity contribution >= 4 is 33.7 Å². The molecule has 1 aromatic heterocycles. The summed E-state index contributed by atoms with van der Waals surface area (Å²) in [5.74, 6) is 0.441. The quantitative estimate of drug-likeness (QED) is 0.603. The zero-order valence-corrected chi connectivity index (χ0v) is 15.0. The predicted molar refractivity (Wildman–Crippen MR) is 97.0 cm³/mol. The second-order valence-electron chi connectivity index (χ2n) is 4.86. The molecule has 0 amide bonds. The fraction of sp³-hybridized carbons (Fsp3) is 0.250. The van der Waals surface area contributed by atoms with Gasteiger partial charge in [-0.3, -0.25) is 5.43 Å². The lowest BCUT2D eigenvalue weighted by Crippen LogP contribution is -2.30. The molecule has 6 nitrogen and oxygen atoms in total. The van der Waals surface area contributed by atoms with Gasteiger partial charge in [-0.15, -0.1) is 0 Å². The van der Waals surface area contributed by atoms with E-state index in [-0.39, 0.29) is 4.90 Å². The van der Waals surface area contributed by atoms with Gasteiger partial charge in [0.25, 0.3) is 0 Å². The van der Waals surface area contributed by atoms with Crippen LogP contribution in [0.2, 0.25) is 5.02 Å². The summed E-state index contributed by atoms with van der Waals surface area (Å²) in [5.41, 5.74) is 3.52. The number of halogens is 1. The monoisotopic (exact) mass is 366 g/mol. The molecule has 0 saturated carbocycles. The van der Waals surface area contributed by atoms with Crippen molar-refractivity contribution in [1.29, 1.82) is 0 Å². The number of sulfonamides is 1. The third-order valence-corrected chi connectivity index (χ3v) is 5.75. The van der Waals surface area contributed by atoms with E-state index >= 15 is 0 Å². The molecule has 0 fully saturated rings. The number of pyridine rings is 1. The van der Waals surface area contributed by atoms with Gasteiger partial charge in [0.05, 0.1) is 6.21 Å². The second kappa shape index (κ2) is 8.23. The van der Waals surface area contributed by atoms with Crippen LogP contribution in [0.5, 0.6) is 0 Å². The Morgan fingerprint density at radius 2 is 1.92 bits per heavy atom. The fourth-order valence-corrected chi connectivity index (χ4v) is 3.65. The summed E-state index contributed by atoms with van der Waals surface area (Å²) >= 11 is 6.03. The first-order valence-corrected chi connectivity index (χ1v) is 9.30. The minimum absolute atomic E-state index is 0.159. The number of aromatic nitrogens is 1. The molecule has 0 bridgehead atoms. The lowest BCUT2D eigenvalue weighted by atomic mass is 10.2. The average molecular weight is 367 g/mol. The molecular weight excluding hydrogens is 348 g/mol. The van der Waals surface area contributed by atoms with Gasteiger partial charge in [0.15, 0.2) is 0 Å². The third kappa shape index (κ3) is 4.31. The van der Waals surface area contributed by atoms with Crippen LogP contribution in [-0.4, -0.2) is 37.0 Å². The van der Waals surface area contributed by atoms with Gasteiger partial charge in [0, 0.05) is 29.9 Å². The summed E-state index contributed by atoms with van der Waals surface area (Å²) in [6.45, 7) is 4.43. The highest BCUT2D eigenvalue weighted by Crippen LogP contribution is 2.16. The maximum absolute atomic E-state index is 12.4. The van der Waals surface area contributed by atoms with Gasteiger partial charge in [-0.05, 0) is 18.2 Å². The molecule has 0 saturated heterocycles. The van der Waals surface area contributed by atoms with E-state index in [9.17, 15) is 8.42 Å². The Morgan fingerprint density at radius 3 is 2.50 bits per heavy atom. The smallest absolute Gasteiger partial charge is 0.244 e. The normalized spacial score (nSPS) is 12.0. The Morgan fingerprint density at radius 1 is 1.21 bits per heavy atom. The summed E-state index contributed by atoms with van der Waals surface area (Å²) in [5, 5.41) is 4.64. The van der Waals surface area contributed by atoms with Crippen LogP contribution < -0.4 is 5.43 Å². The van der Waals surface area contributed by atoms with E-state index in [1.165, 1.54) is 16.6 Å². The standard InChI is InChI=1S/C16H19ClN4O2S/c1-3-21(4-2)24(22,23)14-9-10-16(18-12-14)20-19-11-13-7-5-6-8-15(13)17/h5-12H,3-4H2,1-2H3,(H,18,20). The van der Waals surface area contributed by atoms with Crippen molar-refractivity contribution < 1.29 is 8.42 Å². The van der Waals surface area contributed by atoms with E-state index < -0.39 is 10.0 Å². The van der Waals surface area contributed by atoms with E-state index in [1.54, 1.807) is 32.2 Å². The molecule has 2 aromatic rings. The molecule has 24 heavy (non-hydrogen) atoms. The molecule has 8 heteroatoms. The maximum Gasteiger partial charge on any atom is 0.244 e. The Hall–Kier alpha value is -1.96. The number of nitrogens with one attached hydrogen (secondary N) is 1. The summed E-state index contributed by atoms with van der Waals surface area (Å²) in [6.07, 6.45) is 2.89. The van der Waals surface area contributed by atoms with Crippen molar-refractivity contribution in [2.24, 2.45) is 5.10 Å². The Balaban J connectivity index is 2.09. The summed E-state index contributed by atoms with van der Waals surface area (Å²) < 4.78 is 26.1. The minimum Gasteiger partial charge on any atom is -0.261 e. The van der Waals surface area contributed by atoms with Crippen LogP contribution in [-0.2, 0) is 10.0 Å². The molecule has 128 valence electrons. The number of hydrazone groups is 1. The molecule has 2 rings (SSSR count). The number of nitrogens with zero attached hydrogens (tertiary/aromatic N) is 3. The lowest BCUT2D eigenvalue weighted by Gasteiger charge is -2.18. The largest absolute Gasteiger partial charge is 0.261 e. The first kappa shape index (κ1) is 18.4. The molecule has 0 unspecified atom stereocenters. The summed E-state index contributed by atoms with van der Waals surface area (Å²) in [4.78, 5) is 4.25. The lowest BCUT2D eigenvalue weighted by molar-refractivity contribution is 0.445. The van der Waals surface area contributed by atoms with Crippen LogP contribution in [0.1, 0.15) is 19.4 Å². The third-order valence-electron chi connectivity index (χ3n) is 3.37. The molecule has 0 aliphatic rings. The van der Waals surface area contributed by atoms with E-state index in [1.807, 2.05) is 18.2 Å². The Bertz CT molecular complexity index is 803. The van der Waals surface area contributed by atoms with Gasteiger partial charge in [-0.1, -0.05) is 43.6 Å². The van der Waals surface area contributed by atoms with E-state index in [0.717, 1.165) is 5.56 Å². The molecule has 0 aliphatic carbocycles. The van der Waals surface area contributed by atoms with E-state index in [4.69, 9.17) is 11.6 Å². The zero-order valence-electron chi connectivity index (χ0n) is 13.5.